The summed E-state index contributed by atoms with van der Waals surface area (Å²) < 4.78 is 16.5. The number of ether oxygens (including phenoxy) is 3. The molecule has 1 aliphatic heterocycles. The van der Waals surface area contributed by atoms with E-state index in [-0.39, 0.29) is 23.3 Å². The Balaban J connectivity index is 1.48. The van der Waals surface area contributed by atoms with Gasteiger partial charge in [0, 0.05) is 36.4 Å². The number of methoxy groups -OCH3 is 2. The minimum atomic E-state index is -0.120. The van der Waals surface area contributed by atoms with Crippen LogP contribution >= 0.6 is 11.3 Å². The summed E-state index contributed by atoms with van der Waals surface area (Å²) in [7, 11) is 5.20. The lowest BCUT2D eigenvalue weighted by atomic mass is 9.87. The predicted molar refractivity (Wildman–Crippen MR) is 107 cm³/mol. The Labute approximate surface area is 169 Å². The number of carbonyl (C=O) groups excluding carboxylic acids is 1. The average Bonchev–Trinajstić information content (AvgIpc) is 3.23. The van der Waals surface area contributed by atoms with Gasteiger partial charge in [0.1, 0.15) is 22.6 Å². The fourth-order valence-corrected chi connectivity index (χ4v) is 4.94. The first-order valence-electron chi connectivity index (χ1n) is 9.52. The third-order valence-corrected chi connectivity index (χ3v) is 7.00. The van der Waals surface area contributed by atoms with E-state index in [1.54, 1.807) is 30.5 Å². The van der Waals surface area contributed by atoms with Crippen molar-refractivity contribution in [2.45, 2.75) is 37.8 Å². The molecule has 1 aromatic heterocycles. The number of hydrogen-bond acceptors (Lipinski definition) is 6. The molecule has 6 nitrogen and oxygen atoms in total. The van der Waals surface area contributed by atoms with Crippen LogP contribution in [0.3, 0.4) is 0 Å². The maximum atomic E-state index is 13.1. The SMILES string of the molecule is COc1ccc2c(c1)[C@@]1(CCO2)C[C@@H]1C(=O)N(C)Cc1csc(C(C)OC)n1. The summed E-state index contributed by atoms with van der Waals surface area (Å²) in [5, 5.41) is 2.94. The molecule has 7 heteroatoms. The van der Waals surface area contributed by atoms with E-state index < -0.39 is 0 Å². The fourth-order valence-electron chi connectivity index (χ4n) is 4.10. The number of rotatable bonds is 6. The Hall–Kier alpha value is -2.12. The van der Waals surface area contributed by atoms with Crippen LogP contribution in [0.25, 0.3) is 0 Å². The summed E-state index contributed by atoms with van der Waals surface area (Å²) in [5.41, 5.74) is 1.89. The summed E-state index contributed by atoms with van der Waals surface area (Å²) >= 11 is 1.57. The summed E-state index contributed by atoms with van der Waals surface area (Å²) in [5.74, 6) is 1.84. The van der Waals surface area contributed by atoms with Gasteiger partial charge in [0.25, 0.3) is 0 Å². The Morgan fingerprint density at radius 2 is 2.29 bits per heavy atom. The highest BCUT2D eigenvalue weighted by Crippen LogP contribution is 2.61. The smallest absolute Gasteiger partial charge is 0.226 e. The number of fused-ring (bicyclic) bond motifs is 2. The number of amides is 1. The van der Waals surface area contributed by atoms with Gasteiger partial charge in [0.15, 0.2) is 0 Å². The van der Waals surface area contributed by atoms with Crippen molar-refractivity contribution in [3.8, 4) is 11.5 Å². The number of benzene rings is 1. The highest BCUT2D eigenvalue weighted by molar-refractivity contribution is 7.09. The zero-order chi connectivity index (χ0) is 19.9. The maximum Gasteiger partial charge on any atom is 0.226 e. The lowest BCUT2D eigenvalue weighted by Crippen LogP contribution is -2.32. The molecule has 28 heavy (non-hydrogen) atoms. The molecule has 1 amide bonds. The van der Waals surface area contributed by atoms with Gasteiger partial charge >= 0.3 is 0 Å². The van der Waals surface area contributed by atoms with Gasteiger partial charge in [-0.2, -0.15) is 0 Å². The number of aromatic nitrogens is 1. The molecular formula is C21H26N2O4S. The third-order valence-electron chi connectivity index (χ3n) is 5.95. The lowest BCUT2D eigenvalue weighted by molar-refractivity contribution is -0.132. The average molecular weight is 403 g/mol. The van der Waals surface area contributed by atoms with Crippen LogP contribution in [0.15, 0.2) is 23.6 Å². The van der Waals surface area contributed by atoms with Gasteiger partial charge in [-0.25, -0.2) is 4.98 Å². The number of thiazole rings is 1. The fraction of sp³-hybridized carbons (Fsp3) is 0.524. The van der Waals surface area contributed by atoms with E-state index in [1.807, 2.05) is 37.6 Å². The Kier molecular flexibility index (Phi) is 5.05. The molecule has 2 aliphatic rings. The second-order valence-corrected chi connectivity index (χ2v) is 8.51. The number of nitrogens with zero attached hydrogens (tertiary/aromatic N) is 2. The molecule has 1 saturated carbocycles. The molecule has 2 aromatic rings. The van der Waals surface area contributed by atoms with Crippen molar-refractivity contribution >= 4 is 17.2 Å². The highest BCUT2D eigenvalue weighted by Gasteiger charge is 2.61. The van der Waals surface area contributed by atoms with Crippen molar-refractivity contribution in [3.05, 3.63) is 39.8 Å². The van der Waals surface area contributed by atoms with E-state index in [9.17, 15) is 4.79 Å². The van der Waals surface area contributed by atoms with Gasteiger partial charge in [0.05, 0.1) is 26.0 Å². The van der Waals surface area contributed by atoms with E-state index in [2.05, 4.69) is 4.98 Å². The molecular weight excluding hydrogens is 376 g/mol. The quantitative estimate of drug-likeness (QED) is 0.739. The van der Waals surface area contributed by atoms with Gasteiger partial charge < -0.3 is 19.1 Å². The molecule has 1 aliphatic carbocycles. The van der Waals surface area contributed by atoms with Crippen molar-refractivity contribution in [1.82, 2.24) is 9.88 Å². The second kappa shape index (κ2) is 7.37. The van der Waals surface area contributed by atoms with Crippen molar-refractivity contribution in [1.29, 1.82) is 0 Å². The molecule has 1 fully saturated rings. The molecule has 3 atom stereocenters. The summed E-state index contributed by atoms with van der Waals surface area (Å²) in [6.07, 6.45) is 1.70. The van der Waals surface area contributed by atoms with Crippen molar-refractivity contribution in [3.63, 3.8) is 0 Å². The van der Waals surface area contributed by atoms with Crippen LogP contribution < -0.4 is 9.47 Å². The second-order valence-electron chi connectivity index (χ2n) is 7.62. The van der Waals surface area contributed by atoms with Gasteiger partial charge in [0.2, 0.25) is 5.91 Å². The van der Waals surface area contributed by atoms with E-state index >= 15 is 0 Å². The topological polar surface area (TPSA) is 60.9 Å². The molecule has 4 rings (SSSR count). The van der Waals surface area contributed by atoms with Gasteiger partial charge in [-0.15, -0.1) is 11.3 Å². The van der Waals surface area contributed by atoms with E-state index in [0.717, 1.165) is 40.6 Å². The van der Waals surface area contributed by atoms with Gasteiger partial charge in [-0.05, 0) is 38.0 Å². The van der Waals surface area contributed by atoms with Gasteiger partial charge in [-0.1, -0.05) is 0 Å². The first kappa shape index (κ1) is 19.2. The van der Waals surface area contributed by atoms with Crippen molar-refractivity contribution < 1.29 is 19.0 Å². The standard InChI is InChI=1S/C21H26N2O4S/c1-13(25-3)19-22-14(12-28-19)11-23(2)20(24)17-10-21(17)7-8-27-18-6-5-15(26-4)9-16(18)21/h5-6,9,12-13,17H,7-8,10-11H2,1-4H3/t13?,17-,21-/m1/s1. The molecule has 1 unspecified atom stereocenters. The van der Waals surface area contributed by atoms with Crippen LogP contribution in [0, 0.1) is 5.92 Å². The minimum Gasteiger partial charge on any atom is -0.497 e. The maximum absolute atomic E-state index is 13.1. The molecule has 0 N–H and O–H groups in total. The molecule has 1 aromatic carbocycles. The first-order valence-corrected chi connectivity index (χ1v) is 10.4. The Morgan fingerprint density at radius 3 is 3.04 bits per heavy atom. The largest absolute Gasteiger partial charge is 0.497 e. The molecule has 0 radical (unpaired) electrons. The van der Waals surface area contributed by atoms with Crippen LogP contribution in [0.2, 0.25) is 0 Å². The van der Waals surface area contributed by atoms with Crippen LogP contribution in [0.5, 0.6) is 11.5 Å². The summed E-state index contributed by atoms with van der Waals surface area (Å²) in [6, 6.07) is 5.89. The van der Waals surface area contributed by atoms with Crippen LogP contribution in [0.1, 0.15) is 42.1 Å². The van der Waals surface area contributed by atoms with Crippen LogP contribution in [-0.4, -0.2) is 43.7 Å². The number of carbonyl (C=O) groups is 1. The molecule has 0 saturated heterocycles. The zero-order valence-electron chi connectivity index (χ0n) is 16.7. The number of hydrogen-bond donors (Lipinski definition) is 0. The van der Waals surface area contributed by atoms with Crippen molar-refractivity contribution in [2.75, 3.05) is 27.9 Å². The molecule has 150 valence electrons. The van der Waals surface area contributed by atoms with Crippen LogP contribution in [0.4, 0.5) is 0 Å². The zero-order valence-corrected chi connectivity index (χ0v) is 17.5. The normalized spacial score (nSPS) is 23.6. The molecule has 1 spiro atoms. The Morgan fingerprint density at radius 1 is 1.46 bits per heavy atom. The van der Waals surface area contributed by atoms with Crippen LogP contribution in [-0.2, 0) is 21.5 Å². The molecule has 2 heterocycles. The predicted octanol–water partition coefficient (Wildman–Crippen LogP) is 3.56. The van der Waals surface area contributed by atoms with E-state index in [1.165, 1.54) is 0 Å². The van der Waals surface area contributed by atoms with Gasteiger partial charge in [-0.3, -0.25) is 4.79 Å². The summed E-state index contributed by atoms with van der Waals surface area (Å²) in [6.45, 7) is 3.14. The molecule has 0 bridgehead atoms. The lowest BCUT2D eigenvalue weighted by Gasteiger charge is -2.28. The highest BCUT2D eigenvalue weighted by atomic mass is 32.1. The van der Waals surface area contributed by atoms with Crippen molar-refractivity contribution in [2.24, 2.45) is 5.92 Å². The monoisotopic (exact) mass is 402 g/mol. The third kappa shape index (κ3) is 3.26. The van der Waals surface area contributed by atoms with E-state index in [4.69, 9.17) is 14.2 Å². The van der Waals surface area contributed by atoms with E-state index in [0.29, 0.717) is 13.2 Å². The minimum absolute atomic E-state index is 0.0109. The Bertz CT molecular complexity index is 883. The first-order chi connectivity index (χ1) is 13.5. The summed E-state index contributed by atoms with van der Waals surface area (Å²) in [4.78, 5) is 19.6.